The van der Waals surface area contributed by atoms with Crippen LogP contribution in [0.15, 0.2) is 59.9 Å². The number of carbonyl (C=O) groups is 1. The number of nitrogens with zero attached hydrogens (tertiary/aromatic N) is 3. The van der Waals surface area contributed by atoms with Crippen molar-refractivity contribution in [3.63, 3.8) is 0 Å². The van der Waals surface area contributed by atoms with E-state index in [1.807, 2.05) is 0 Å². The number of hydrogen-bond donors (Lipinski definition) is 2. The van der Waals surface area contributed by atoms with E-state index in [2.05, 4.69) is 20.1 Å². The van der Waals surface area contributed by atoms with E-state index in [0.717, 1.165) is 0 Å². The number of benzene rings is 1. The second-order valence-corrected chi connectivity index (χ2v) is 9.32. The quantitative estimate of drug-likeness (QED) is 0.669. The van der Waals surface area contributed by atoms with Gasteiger partial charge in [0.1, 0.15) is 0 Å². The van der Waals surface area contributed by atoms with E-state index in [4.69, 9.17) is 0 Å². The molecule has 0 aliphatic heterocycles. The molecule has 3 rings (SSSR count). The molecular formula is C20H23N5O3S. The fourth-order valence-electron chi connectivity index (χ4n) is 2.67. The number of sulfonamides is 1. The molecule has 0 unspecified atom stereocenters. The number of anilines is 1. The van der Waals surface area contributed by atoms with Gasteiger partial charge in [-0.05, 0) is 63.6 Å². The zero-order valence-electron chi connectivity index (χ0n) is 16.7. The molecule has 2 N–H and O–H groups in total. The zero-order chi connectivity index (χ0) is 21.2. The summed E-state index contributed by atoms with van der Waals surface area (Å²) in [7, 11) is -3.75. The summed E-state index contributed by atoms with van der Waals surface area (Å²) in [5, 5.41) is 6.85. The largest absolute Gasteiger partial charge is 0.321 e. The molecule has 0 aliphatic rings. The van der Waals surface area contributed by atoms with Crippen molar-refractivity contribution in [2.75, 3.05) is 5.32 Å². The first-order chi connectivity index (χ1) is 13.5. The van der Waals surface area contributed by atoms with E-state index in [-0.39, 0.29) is 10.5 Å². The van der Waals surface area contributed by atoms with Crippen molar-refractivity contribution in [2.24, 2.45) is 0 Å². The molecule has 8 nitrogen and oxygen atoms in total. The normalized spacial score (nSPS) is 12.0. The van der Waals surface area contributed by atoms with Crippen LogP contribution in [0, 0.1) is 6.92 Å². The van der Waals surface area contributed by atoms with E-state index < -0.39 is 21.5 Å². The standard InChI is InChI=1S/C20H23N5O3S/c1-14-6-8-16(29(27,28)24-20(2,3)4)12-17(14)19(26)23-15-7-9-18(21-13-15)25-11-5-10-22-25/h5-13,24H,1-4H3,(H,23,26). The second-order valence-electron chi connectivity index (χ2n) is 7.64. The van der Waals surface area contributed by atoms with Crippen LogP contribution in [0.4, 0.5) is 5.69 Å². The summed E-state index contributed by atoms with van der Waals surface area (Å²) in [6, 6.07) is 9.70. The molecule has 0 aliphatic carbocycles. The molecule has 2 heterocycles. The van der Waals surface area contributed by atoms with Crippen LogP contribution in [-0.4, -0.2) is 34.6 Å². The zero-order valence-corrected chi connectivity index (χ0v) is 17.5. The predicted molar refractivity (Wildman–Crippen MR) is 111 cm³/mol. The van der Waals surface area contributed by atoms with Crippen LogP contribution in [0.1, 0.15) is 36.7 Å². The first kappa shape index (κ1) is 20.7. The predicted octanol–water partition coefficient (Wildman–Crippen LogP) is 2.90. The summed E-state index contributed by atoms with van der Waals surface area (Å²) < 4.78 is 29.4. The highest BCUT2D eigenvalue weighted by atomic mass is 32.2. The number of hydrogen-bond acceptors (Lipinski definition) is 5. The Kier molecular flexibility index (Phi) is 5.54. The van der Waals surface area contributed by atoms with Crippen LogP contribution in [0.25, 0.3) is 5.82 Å². The van der Waals surface area contributed by atoms with Gasteiger partial charge in [-0.15, -0.1) is 0 Å². The van der Waals surface area contributed by atoms with Crippen LogP contribution in [-0.2, 0) is 10.0 Å². The minimum absolute atomic E-state index is 0.0373. The summed E-state index contributed by atoms with van der Waals surface area (Å²) in [6.45, 7) is 7.02. The first-order valence-corrected chi connectivity index (χ1v) is 10.5. The highest BCUT2D eigenvalue weighted by Gasteiger charge is 2.23. The van der Waals surface area contributed by atoms with Gasteiger partial charge in [0.05, 0.1) is 16.8 Å². The number of aromatic nitrogens is 3. The van der Waals surface area contributed by atoms with E-state index in [0.29, 0.717) is 17.1 Å². The lowest BCUT2D eigenvalue weighted by Gasteiger charge is -2.20. The minimum atomic E-state index is -3.75. The molecule has 0 bridgehead atoms. The summed E-state index contributed by atoms with van der Waals surface area (Å²) in [6.07, 6.45) is 4.93. The maximum Gasteiger partial charge on any atom is 0.256 e. The van der Waals surface area contributed by atoms with Crippen LogP contribution in [0.3, 0.4) is 0 Å². The van der Waals surface area contributed by atoms with Crippen molar-refractivity contribution in [1.29, 1.82) is 0 Å². The second kappa shape index (κ2) is 7.76. The molecule has 0 atom stereocenters. The van der Waals surface area contributed by atoms with Gasteiger partial charge in [0.25, 0.3) is 5.91 Å². The Morgan fingerprint density at radius 2 is 1.90 bits per heavy atom. The van der Waals surface area contributed by atoms with E-state index in [1.165, 1.54) is 18.3 Å². The summed E-state index contributed by atoms with van der Waals surface area (Å²) >= 11 is 0. The van der Waals surface area contributed by atoms with E-state index in [9.17, 15) is 13.2 Å². The third kappa shape index (κ3) is 5.07. The number of carbonyl (C=O) groups excluding carboxylic acids is 1. The summed E-state index contributed by atoms with van der Waals surface area (Å²) in [4.78, 5) is 17.0. The molecule has 0 radical (unpaired) electrons. The molecule has 2 aromatic heterocycles. The van der Waals surface area contributed by atoms with Gasteiger partial charge in [0, 0.05) is 23.5 Å². The van der Waals surface area contributed by atoms with Crippen molar-refractivity contribution >= 4 is 21.6 Å². The van der Waals surface area contributed by atoms with Crippen molar-refractivity contribution in [3.8, 4) is 5.82 Å². The average Bonchev–Trinajstić information content (AvgIpc) is 3.15. The lowest BCUT2D eigenvalue weighted by Crippen LogP contribution is -2.40. The summed E-state index contributed by atoms with van der Waals surface area (Å²) in [5.41, 5.74) is 0.802. The molecule has 1 aromatic carbocycles. The number of aryl methyl sites for hydroxylation is 1. The molecule has 0 spiro atoms. The Bertz CT molecular complexity index is 1120. The number of nitrogens with one attached hydrogen (secondary N) is 2. The monoisotopic (exact) mass is 413 g/mol. The highest BCUT2D eigenvalue weighted by molar-refractivity contribution is 7.89. The lowest BCUT2D eigenvalue weighted by molar-refractivity contribution is 0.102. The van der Waals surface area contributed by atoms with Crippen LogP contribution < -0.4 is 10.0 Å². The van der Waals surface area contributed by atoms with Gasteiger partial charge in [-0.2, -0.15) is 5.10 Å². The van der Waals surface area contributed by atoms with Gasteiger partial charge >= 0.3 is 0 Å². The number of rotatable bonds is 5. The third-order valence-electron chi connectivity index (χ3n) is 3.95. The average molecular weight is 414 g/mol. The molecule has 3 aromatic rings. The van der Waals surface area contributed by atoms with Gasteiger partial charge in [0.15, 0.2) is 5.82 Å². The van der Waals surface area contributed by atoms with Gasteiger partial charge in [-0.1, -0.05) is 6.07 Å². The maximum absolute atomic E-state index is 12.7. The van der Waals surface area contributed by atoms with E-state index >= 15 is 0 Å². The Labute approximate surface area is 170 Å². The Morgan fingerprint density at radius 1 is 1.14 bits per heavy atom. The topological polar surface area (TPSA) is 106 Å². The van der Waals surface area contributed by atoms with E-state index in [1.54, 1.807) is 69.0 Å². The van der Waals surface area contributed by atoms with Gasteiger partial charge in [-0.25, -0.2) is 22.8 Å². The highest BCUT2D eigenvalue weighted by Crippen LogP contribution is 2.19. The Morgan fingerprint density at radius 3 is 2.48 bits per heavy atom. The fourth-order valence-corrected chi connectivity index (χ4v) is 4.12. The molecule has 29 heavy (non-hydrogen) atoms. The van der Waals surface area contributed by atoms with Crippen LogP contribution in [0.5, 0.6) is 0 Å². The lowest BCUT2D eigenvalue weighted by atomic mass is 10.1. The van der Waals surface area contributed by atoms with Crippen molar-refractivity contribution in [2.45, 2.75) is 38.1 Å². The molecule has 152 valence electrons. The molecular weight excluding hydrogens is 390 g/mol. The van der Waals surface area contributed by atoms with Crippen LogP contribution >= 0.6 is 0 Å². The van der Waals surface area contributed by atoms with Crippen molar-refractivity contribution < 1.29 is 13.2 Å². The van der Waals surface area contributed by atoms with Gasteiger partial charge in [0.2, 0.25) is 10.0 Å². The van der Waals surface area contributed by atoms with Gasteiger partial charge < -0.3 is 5.32 Å². The molecule has 0 saturated carbocycles. The SMILES string of the molecule is Cc1ccc(S(=O)(=O)NC(C)(C)C)cc1C(=O)Nc1ccc(-n2cccn2)nc1. The maximum atomic E-state index is 12.7. The van der Waals surface area contributed by atoms with Crippen molar-refractivity contribution in [1.82, 2.24) is 19.5 Å². The smallest absolute Gasteiger partial charge is 0.256 e. The Balaban J connectivity index is 1.82. The minimum Gasteiger partial charge on any atom is -0.321 e. The molecule has 1 amide bonds. The molecule has 0 saturated heterocycles. The molecule has 0 fully saturated rings. The first-order valence-electron chi connectivity index (χ1n) is 8.97. The molecule has 9 heteroatoms. The number of amides is 1. The number of pyridine rings is 1. The van der Waals surface area contributed by atoms with Crippen molar-refractivity contribution in [3.05, 3.63) is 66.1 Å². The third-order valence-corrected chi connectivity index (χ3v) is 5.71. The van der Waals surface area contributed by atoms with Crippen LogP contribution in [0.2, 0.25) is 0 Å². The summed E-state index contributed by atoms with van der Waals surface area (Å²) in [5.74, 6) is 0.203. The Hall–Kier alpha value is -3.04. The van der Waals surface area contributed by atoms with Gasteiger partial charge in [-0.3, -0.25) is 4.79 Å². The fraction of sp³-hybridized carbons (Fsp3) is 0.250.